The van der Waals surface area contributed by atoms with Crippen LogP contribution in [0.4, 0.5) is 0 Å². The van der Waals surface area contributed by atoms with Gasteiger partial charge >= 0.3 is 17.9 Å². The quantitative estimate of drug-likeness (QED) is 0.119. The number of rotatable bonds is 11. The minimum atomic E-state index is -0.941. The molecule has 0 heterocycles. The number of carboxylic acids is 3. The Kier molecular flexibility index (Phi) is 10.2. The molecule has 4 fully saturated rings. The summed E-state index contributed by atoms with van der Waals surface area (Å²) in [5.41, 5.74) is 15.0. The molecule has 12 rings (SSSR count). The Balaban J connectivity index is 1.06. The third kappa shape index (κ3) is 7.41. The van der Waals surface area contributed by atoms with Gasteiger partial charge in [0.05, 0.1) is 16.7 Å². The zero-order valence-corrected chi connectivity index (χ0v) is 37.8. The highest BCUT2D eigenvalue weighted by atomic mass is 16.4. The maximum absolute atomic E-state index is 11.7. The van der Waals surface area contributed by atoms with Crippen LogP contribution in [0, 0.1) is 6.92 Å². The summed E-state index contributed by atoms with van der Waals surface area (Å²) in [4.78, 5) is 35.0. The molecule has 4 saturated carbocycles. The highest BCUT2D eigenvalue weighted by Gasteiger charge is 2.69. The molecule has 68 heavy (non-hydrogen) atoms. The number of hydrogen-bond acceptors (Lipinski definition) is 3. The first kappa shape index (κ1) is 42.8. The molecule has 0 radical (unpaired) electrons. The Morgan fingerprint density at radius 1 is 0.279 bits per heavy atom. The Morgan fingerprint density at radius 2 is 0.441 bits per heavy atom. The van der Waals surface area contributed by atoms with Crippen LogP contribution >= 0.6 is 0 Å². The lowest BCUT2D eigenvalue weighted by atomic mass is 9.32. The molecule has 4 aliphatic rings. The lowest BCUT2D eigenvalue weighted by Crippen LogP contribution is -2.67. The molecule has 334 valence electrons. The van der Waals surface area contributed by atoms with Crippen molar-refractivity contribution in [2.45, 2.75) is 67.1 Å². The van der Waals surface area contributed by atoms with E-state index in [9.17, 15) is 29.7 Å². The maximum atomic E-state index is 11.7. The van der Waals surface area contributed by atoms with Gasteiger partial charge in [-0.25, -0.2) is 14.4 Å². The van der Waals surface area contributed by atoms with Crippen LogP contribution < -0.4 is 0 Å². The minimum Gasteiger partial charge on any atom is -0.478 e. The number of benzene rings is 8. The van der Waals surface area contributed by atoms with Gasteiger partial charge < -0.3 is 15.3 Å². The van der Waals surface area contributed by atoms with Gasteiger partial charge in [-0.2, -0.15) is 0 Å². The third-order valence-electron chi connectivity index (χ3n) is 15.8. The predicted molar refractivity (Wildman–Crippen MR) is 268 cm³/mol. The second-order valence-corrected chi connectivity index (χ2v) is 20.0. The predicted octanol–water partition coefficient (Wildman–Crippen LogP) is 14.2. The van der Waals surface area contributed by atoms with Crippen LogP contribution in [0.3, 0.4) is 0 Å². The summed E-state index contributed by atoms with van der Waals surface area (Å²) in [6, 6.07) is 66.7. The van der Waals surface area contributed by atoms with Crippen molar-refractivity contribution in [3.05, 3.63) is 239 Å². The van der Waals surface area contributed by atoms with Gasteiger partial charge in [0.2, 0.25) is 0 Å². The summed E-state index contributed by atoms with van der Waals surface area (Å²) < 4.78 is 0. The average Bonchev–Trinajstić information content (AvgIpc) is 3.36. The van der Waals surface area contributed by atoms with Gasteiger partial charge in [-0.15, -0.1) is 0 Å². The largest absolute Gasteiger partial charge is 0.478 e. The van der Waals surface area contributed by atoms with Crippen LogP contribution in [-0.4, -0.2) is 33.2 Å². The van der Waals surface area contributed by atoms with E-state index in [-0.39, 0.29) is 38.4 Å². The lowest BCUT2D eigenvalue weighted by molar-refractivity contribution is -0.0691. The average molecular weight is 891 g/mol. The highest BCUT2D eigenvalue weighted by Crippen LogP contribution is 2.75. The van der Waals surface area contributed by atoms with E-state index < -0.39 is 17.9 Å². The van der Waals surface area contributed by atoms with Gasteiger partial charge in [0, 0.05) is 0 Å². The van der Waals surface area contributed by atoms with Crippen molar-refractivity contribution >= 4 is 17.9 Å². The molecule has 0 aliphatic heterocycles. The van der Waals surface area contributed by atoms with E-state index in [2.05, 4.69) is 128 Å². The molecular formula is C62H50O6. The first-order chi connectivity index (χ1) is 32.8. The van der Waals surface area contributed by atoms with E-state index >= 15 is 0 Å². The second-order valence-electron chi connectivity index (χ2n) is 20.0. The number of carboxylic acid groups (broad SMARTS) is 3. The second kappa shape index (κ2) is 16.2. The molecule has 6 nitrogen and oxygen atoms in total. The topological polar surface area (TPSA) is 112 Å². The molecule has 3 N–H and O–H groups in total. The van der Waals surface area contributed by atoms with Gasteiger partial charge in [0.1, 0.15) is 0 Å². The van der Waals surface area contributed by atoms with Crippen LogP contribution in [-0.2, 0) is 21.7 Å². The molecule has 8 aromatic carbocycles. The molecule has 0 spiro atoms. The molecule has 0 atom stereocenters. The van der Waals surface area contributed by atoms with E-state index in [1.165, 1.54) is 38.9 Å². The molecule has 0 unspecified atom stereocenters. The van der Waals surface area contributed by atoms with E-state index in [4.69, 9.17) is 0 Å². The molecule has 8 aromatic rings. The van der Waals surface area contributed by atoms with Crippen molar-refractivity contribution in [2.24, 2.45) is 0 Å². The molecule has 4 aliphatic carbocycles. The minimum absolute atomic E-state index is 0.178. The van der Waals surface area contributed by atoms with Crippen molar-refractivity contribution in [2.75, 3.05) is 0 Å². The summed E-state index contributed by atoms with van der Waals surface area (Å²) in [6.07, 6.45) is 5.96. The molecule has 6 heteroatoms. The van der Waals surface area contributed by atoms with Gasteiger partial charge in [0.15, 0.2) is 0 Å². The Labute approximate surface area is 396 Å². The SMILES string of the molecule is Cc1ccc(-c2ccc(C34CC5(c6ccc(-c7ccc(C(=O)O)cc7)cc6)CC(c6ccc(-c7ccc(C(=O)O)cc7)cc6)(C3)CC(c3ccc(-c6ccc(C(=O)O)cc6)cc3)(C4)C5)cc2)cc1. The van der Waals surface area contributed by atoms with Gasteiger partial charge in [-0.05, 0) is 170 Å². The van der Waals surface area contributed by atoms with Crippen LogP contribution in [0.5, 0.6) is 0 Å². The van der Waals surface area contributed by atoms with Crippen molar-refractivity contribution in [1.82, 2.24) is 0 Å². The van der Waals surface area contributed by atoms with E-state index in [0.717, 1.165) is 71.9 Å². The molecule has 0 amide bonds. The van der Waals surface area contributed by atoms with Crippen LogP contribution in [0.15, 0.2) is 194 Å². The van der Waals surface area contributed by atoms with Gasteiger partial charge in [-0.1, -0.05) is 163 Å². The van der Waals surface area contributed by atoms with Crippen molar-refractivity contribution < 1.29 is 29.7 Å². The number of carbonyl (C=O) groups is 3. The smallest absolute Gasteiger partial charge is 0.335 e. The fourth-order valence-corrected chi connectivity index (χ4v) is 13.1. The number of aryl methyl sites for hydroxylation is 1. The van der Waals surface area contributed by atoms with Crippen LogP contribution in [0.2, 0.25) is 0 Å². The van der Waals surface area contributed by atoms with Gasteiger partial charge in [0.25, 0.3) is 0 Å². The van der Waals surface area contributed by atoms with Gasteiger partial charge in [-0.3, -0.25) is 0 Å². The summed E-state index contributed by atoms with van der Waals surface area (Å²) >= 11 is 0. The fraction of sp³-hybridized carbons (Fsp3) is 0.177. The van der Waals surface area contributed by atoms with Crippen molar-refractivity contribution in [1.29, 1.82) is 0 Å². The first-order valence-electron chi connectivity index (χ1n) is 23.3. The molecule has 4 bridgehead atoms. The lowest BCUT2D eigenvalue weighted by Gasteiger charge is -2.71. The standard InChI is InChI=1S/C62H50O6/c1-40-2-4-41(5-3-40)45-18-26-52(27-19-45)59-34-60(53-28-20-46(21-29-53)42-6-12-49(13-7-42)56(63)64)37-61(35-59,54-30-22-47(23-31-54)43-8-14-50(15-9-43)57(65)66)39-62(36-59,38-60)55-32-24-48(25-33-55)44-10-16-51(17-11-44)58(67)68/h2-33H,34-39H2,1H3,(H,63,64)(H,65,66)(H,67,68). The normalized spacial score (nSPS) is 22.4. The van der Waals surface area contributed by atoms with Crippen molar-refractivity contribution in [3.63, 3.8) is 0 Å². The monoisotopic (exact) mass is 890 g/mol. The highest BCUT2D eigenvalue weighted by molar-refractivity contribution is 5.89. The van der Waals surface area contributed by atoms with E-state index in [1.54, 1.807) is 36.4 Å². The summed E-state index contributed by atoms with van der Waals surface area (Å²) in [5, 5.41) is 28.7. The fourth-order valence-electron chi connectivity index (χ4n) is 13.1. The van der Waals surface area contributed by atoms with Crippen molar-refractivity contribution in [3.8, 4) is 44.5 Å². The summed E-state index contributed by atoms with van der Waals surface area (Å²) in [7, 11) is 0. The molecule has 0 saturated heterocycles. The third-order valence-corrected chi connectivity index (χ3v) is 15.8. The summed E-state index contributed by atoms with van der Waals surface area (Å²) in [6.45, 7) is 2.12. The Morgan fingerprint density at radius 3 is 0.618 bits per heavy atom. The van der Waals surface area contributed by atoms with E-state index in [0.29, 0.717) is 0 Å². The van der Waals surface area contributed by atoms with Crippen LogP contribution in [0.1, 0.15) is 97.4 Å². The Bertz CT molecular complexity index is 2920. The van der Waals surface area contributed by atoms with E-state index in [1.807, 2.05) is 36.4 Å². The zero-order valence-electron chi connectivity index (χ0n) is 37.8. The number of hydrogen-bond donors (Lipinski definition) is 3. The first-order valence-corrected chi connectivity index (χ1v) is 23.3. The summed E-state index contributed by atoms with van der Waals surface area (Å²) in [5.74, 6) is -2.82. The molecule has 0 aromatic heterocycles. The van der Waals surface area contributed by atoms with Crippen LogP contribution in [0.25, 0.3) is 44.5 Å². The number of aromatic carboxylic acids is 3. The maximum Gasteiger partial charge on any atom is 0.335 e. The zero-order chi connectivity index (χ0) is 46.8. The Hall–Kier alpha value is -7.83. The molecular weight excluding hydrogens is 841 g/mol.